The monoisotopic (exact) mass is 206 g/mol. The van der Waals surface area contributed by atoms with Crippen molar-refractivity contribution in [3.8, 4) is 6.07 Å². The lowest BCUT2D eigenvalue weighted by Crippen LogP contribution is -2.41. The number of nitrogens with one attached hydrogen (secondary N) is 1. The molecule has 1 aromatic heterocycles. The molecule has 82 valence electrons. The van der Waals surface area contributed by atoms with E-state index < -0.39 is 5.54 Å². The number of rotatable bonds is 5. The SMILES string of the molecule is CCNC(C)(C#N)CCn1ccc(C)n1. The minimum absolute atomic E-state index is 0.450. The zero-order valence-corrected chi connectivity index (χ0v) is 9.62. The third-order valence-corrected chi connectivity index (χ3v) is 2.43. The highest BCUT2D eigenvalue weighted by Gasteiger charge is 2.21. The standard InChI is InChI=1S/C11H18N4/c1-4-13-11(3,9-12)6-8-15-7-5-10(2)14-15/h5,7,13H,4,6,8H2,1-3H3. The van der Waals surface area contributed by atoms with E-state index in [-0.39, 0.29) is 0 Å². The Morgan fingerprint density at radius 2 is 2.40 bits per heavy atom. The van der Waals surface area contributed by atoms with Gasteiger partial charge in [-0.1, -0.05) is 6.92 Å². The number of nitriles is 1. The lowest BCUT2D eigenvalue weighted by molar-refractivity contribution is 0.390. The smallest absolute Gasteiger partial charge is 0.105 e. The predicted molar refractivity (Wildman–Crippen MR) is 59.3 cm³/mol. The highest BCUT2D eigenvalue weighted by Crippen LogP contribution is 2.09. The summed E-state index contributed by atoms with van der Waals surface area (Å²) in [6.07, 6.45) is 2.71. The number of aromatic nitrogens is 2. The summed E-state index contributed by atoms with van der Waals surface area (Å²) in [7, 11) is 0. The molecule has 0 radical (unpaired) electrons. The second-order valence-corrected chi connectivity index (χ2v) is 3.94. The number of nitrogens with zero attached hydrogens (tertiary/aromatic N) is 3. The fourth-order valence-corrected chi connectivity index (χ4v) is 1.50. The van der Waals surface area contributed by atoms with Gasteiger partial charge >= 0.3 is 0 Å². The van der Waals surface area contributed by atoms with E-state index in [1.807, 2.05) is 37.7 Å². The predicted octanol–water partition coefficient (Wildman–Crippen LogP) is 1.47. The first-order valence-corrected chi connectivity index (χ1v) is 5.26. The molecule has 0 spiro atoms. The van der Waals surface area contributed by atoms with Crippen LogP contribution in [0, 0.1) is 18.3 Å². The van der Waals surface area contributed by atoms with Crippen LogP contribution in [0.4, 0.5) is 0 Å². The molecule has 1 atom stereocenters. The molecular formula is C11H18N4. The lowest BCUT2D eigenvalue weighted by Gasteiger charge is -2.22. The minimum atomic E-state index is -0.450. The Morgan fingerprint density at radius 1 is 1.67 bits per heavy atom. The molecule has 1 N–H and O–H groups in total. The van der Waals surface area contributed by atoms with Crippen LogP contribution in [0.15, 0.2) is 12.3 Å². The number of hydrogen-bond acceptors (Lipinski definition) is 3. The second-order valence-electron chi connectivity index (χ2n) is 3.94. The first kappa shape index (κ1) is 11.7. The van der Waals surface area contributed by atoms with Crippen molar-refractivity contribution in [3.63, 3.8) is 0 Å². The summed E-state index contributed by atoms with van der Waals surface area (Å²) in [6.45, 7) is 7.47. The topological polar surface area (TPSA) is 53.6 Å². The zero-order valence-electron chi connectivity index (χ0n) is 9.62. The van der Waals surface area contributed by atoms with Gasteiger partial charge in [0.2, 0.25) is 0 Å². The quantitative estimate of drug-likeness (QED) is 0.793. The van der Waals surface area contributed by atoms with Gasteiger partial charge in [-0.2, -0.15) is 10.4 Å². The molecule has 0 aliphatic rings. The van der Waals surface area contributed by atoms with E-state index in [0.29, 0.717) is 0 Å². The van der Waals surface area contributed by atoms with Gasteiger partial charge < -0.3 is 0 Å². The van der Waals surface area contributed by atoms with E-state index in [4.69, 9.17) is 5.26 Å². The van der Waals surface area contributed by atoms with Gasteiger partial charge in [-0.25, -0.2) is 0 Å². The van der Waals surface area contributed by atoms with Crippen LogP contribution >= 0.6 is 0 Å². The fourth-order valence-electron chi connectivity index (χ4n) is 1.50. The molecule has 15 heavy (non-hydrogen) atoms. The molecule has 0 aliphatic carbocycles. The maximum atomic E-state index is 9.06. The molecule has 0 amide bonds. The maximum absolute atomic E-state index is 9.06. The molecule has 0 aliphatic heterocycles. The molecule has 0 bridgehead atoms. The van der Waals surface area contributed by atoms with Gasteiger partial charge in [0.25, 0.3) is 0 Å². The molecule has 1 aromatic rings. The highest BCUT2D eigenvalue weighted by molar-refractivity contribution is 5.03. The van der Waals surface area contributed by atoms with E-state index in [1.54, 1.807) is 0 Å². The molecule has 4 heteroatoms. The second kappa shape index (κ2) is 4.94. The van der Waals surface area contributed by atoms with Gasteiger partial charge in [0.15, 0.2) is 0 Å². The van der Waals surface area contributed by atoms with E-state index in [0.717, 1.165) is 25.2 Å². The Hall–Kier alpha value is -1.34. The average Bonchev–Trinajstić information content (AvgIpc) is 2.62. The molecule has 1 rings (SSSR count). The van der Waals surface area contributed by atoms with Crippen LogP contribution < -0.4 is 5.32 Å². The van der Waals surface area contributed by atoms with Crippen molar-refractivity contribution in [2.45, 2.75) is 39.3 Å². The van der Waals surface area contributed by atoms with E-state index >= 15 is 0 Å². The molecule has 0 saturated carbocycles. The van der Waals surface area contributed by atoms with Gasteiger partial charge in [0.1, 0.15) is 5.54 Å². The Labute approximate surface area is 90.9 Å². The summed E-state index contributed by atoms with van der Waals surface area (Å²) in [6, 6.07) is 4.27. The lowest BCUT2D eigenvalue weighted by atomic mass is 10.00. The van der Waals surface area contributed by atoms with Gasteiger partial charge in [0.05, 0.1) is 11.8 Å². The summed E-state index contributed by atoms with van der Waals surface area (Å²) in [5.41, 5.74) is 0.561. The molecular weight excluding hydrogens is 188 g/mol. The summed E-state index contributed by atoms with van der Waals surface area (Å²) in [5.74, 6) is 0. The van der Waals surface area contributed by atoms with Crippen LogP contribution in [0.3, 0.4) is 0 Å². The first-order valence-electron chi connectivity index (χ1n) is 5.26. The fraction of sp³-hybridized carbons (Fsp3) is 0.636. The normalized spacial score (nSPS) is 14.5. The van der Waals surface area contributed by atoms with Crippen molar-refractivity contribution < 1.29 is 0 Å². The molecule has 0 saturated heterocycles. The molecule has 4 nitrogen and oxygen atoms in total. The van der Waals surface area contributed by atoms with Crippen LogP contribution in [0.25, 0.3) is 0 Å². The van der Waals surface area contributed by atoms with Gasteiger partial charge in [-0.05, 0) is 32.9 Å². The Kier molecular flexibility index (Phi) is 3.87. The molecule has 0 fully saturated rings. The third-order valence-electron chi connectivity index (χ3n) is 2.43. The molecule has 1 unspecified atom stereocenters. The summed E-state index contributed by atoms with van der Waals surface area (Å²) < 4.78 is 1.88. The number of hydrogen-bond donors (Lipinski definition) is 1. The van der Waals surface area contributed by atoms with Gasteiger partial charge in [-0.15, -0.1) is 0 Å². The first-order chi connectivity index (χ1) is 7.09. The van der Waals surface area contributed by atoms with Crippen molar-refractivity contribution in [1.29, 1.82) is 5.26 Å². The van der Waals surface area contributed by atoms with Gasteiger partial charge in [-0.3, -0.25) is 10.00 Å². The summed E-state index contributed by atoms with van der Waals surface area (Å²) >= 11 is 0. The summed E-state index contributed by atoms with van der Waals surface area (Å²) in [5, 5.41) is 16.5. The zero-order chi connectivity index (χ0) is 11.3. The minimum Gasteiger partial charge on any atom is -0.300 e. The van der Waals surface area contributed by atoms with Crippen LogP contribution in [0.1, 0.15) is 26.0 Å². The van der Waals surface area contributed by atoms with Crippen molar-refractivity contribution in [2.75, 3.05) is 6.54 Å². The number of aryl methyl sites for hydroxylation is 2. The largest absolute Gasteiger partial charge is 0.300 e. The van der Waals surface area contributed by atoms with Crippen LogP contribution in [-0.2, 0) is 6.54 Å². The van der Waals surface area contributed by atoms with Crippen LogP contribution in [-0.4, -0.2) is 21.9 Å². The van der Waals surface area contributed by atoms with Crippen molar-refractivity contribution in [3.05, 3.63) is 18.0 Å². The van der Waals surface area contributed by atoms with E-state index in [1.165, 1.54) is 0 Å². The average molecular weight is 206 g/mol. The maximum Gasteiger partial charge on any atom is 0.105 e. The molecule has 1 heterocycles. The van der Waals surface area contributed by atoms with E-state index in [9.17, 15) is 0 Å². The molecule has 0 aromatic carbocycles. The Morgan fingerprint density at radius 3 is 2.87 bits per heavy atom. The van der Waals surface area contributed by atoms with Crippen molar-refractivity contribution >= 4 is 0 Å². The van der Waals surface area contributed by atoms with Crippen molar-refractivity contribution in [1.82, 2.24) is 15.1 Å². The van der Waals surface area contributed by atoms with E-state index in [2.05, 4.69) is 16.5 Å². The van der Waals surface area contributed by atoms with Crippen LogP contribution in [0.5, 0.6) is 0 Å². The van der Waals surface area contributed by atoms with Crippen molar-refractivity contribution in [2.24, 2.45) is 0 Å². The van der Waals surface area contributed by atoms with Gasteiger partial charge in [0, 0.05) is 12.7 Å². The third kappa shape index (κ3) is 3.37. The van der Waals surface area contributed by atoms with Crippen LogP contribution in [0.2, 0.25) is 0 Å². The summed E-state index contributed by atoms with van der Waals surface area (Å²) in [4.78, 5) is 0. The highest BCUT2D eigenvalue weighted by atomic mass is 15.3. The Bertz CT molecular complexity index is 350. The Balaban J connectivity index is 2.51.